The van der Waals surface area contributed by atoms with Crippen molar-refractivity contribution >= 4 is 11.6 Å². The first-order chi connectivity index (χ1) is 14.7. The fraction of sp³-hybridized carbons (Fsp3) is 0.250. The van der Waals surface area contributed by atoms with Crippen molar-refractivity contribution in [1.29, 1.82) is 0 Å². The molecular formula is C24H26N6. The molecule has 1 fully saturated rings. The van der Waals surface area contributed by atoms with Crippen LogP contribution in [-0.4, -0.2) is 45.7 Å². The molecule has 0 saturated carbocycles. The average Bonchev–Trinajstić information content (AvgIpc) is 3.38. The minimum Gasteiger partial charge on any atom is -0.353 e. The average molecular weight is 399 g/mol. The Labute approximate surface area is 177 Å². The minimum absolute atomic E-state index is 0.941. The van der Waals surface area contributed by atoms with Gasteiger partial charge in [-0.1, -0.05) is 36.4 Å². The zero-order valence-electron chi connectivity index (χ0n) is 17.4. The van der Waals surface area contributed by atoms with E-state index in [4.69, 9.17) is 10.2 Å². The molecule has 1 aliphatic rings. The fourth-order valence-corrected chi connectivity index (χ4v) is 4.11. The summed E-state index contributed by atoms with van der Waals surface area (Å²) in [6.07, 6.45) is 0. The molecular weight excluding hydrogens is 372 g/mol. The lowest BCUT2D eigenvalue weighted by atomic mass is 10.2. The normalized spacial score (nSPS) is 14.3. The molecule has 2 aromatic heterocycles. The third-order valence-electron chi connectivity index (χ3n) is 5.55. The quantitative estimate of drug-likeness (QED) is 0.521. The van der Waals surface area contributed by atoms with Crippen LogP contribution < -0.4 is 9.80 Å². The summed E-state index contributed by atoms with van der Waals surface area (Å²) in [4.78, 5) is 4.86. The lowest BCUT2D eigenvalue weighted by Crippen LogP contribution is -2.47. The molecule has 1 aliphatic heterocycles. The van der Waals surface area contributed by atoms with Crippen LogP contribution in [-0.2, 0) is 0 Å². The molecule has 0 unspecified atom stereocenters. The van der Waals surface area contributed by atoms with Crippen LogP contribution in [0.1, 0.15) is 11.4 Å². The van der Waals surface area contributed by atoms with Crippen molar-refractivity contribution in [2.75, 3.05) is 36.0 Å². The summed E-state index contributed by atoms with van der Waals surface area (Å²) >= 11 is 0. The topological polar surface area (TPSA) is 42.1 Å². The Kier molecular flexibility index (Phi) is 4.75. The van der Waals surface area contributed by atoms with E-state index in [1.165, 1.54) is 0 Å². The number of anilines is 2. The number of rotatable bonds is 4. The predicted molar refractivity (Wildman–Crippen MR) is 121 cm³/mol. The van der Waals surface area contributed by atoms with Gasteiger partial charge in [0.05, 0.1) is 22.8 Å². The van der Waals surface area contributed by atoms with Crippen LogP contribution in [0.2, 0.25) is 0 Å². The Morgan fingerprint density at radius 3 is 1.30 bits per heavy atom. The van der Waals surface area contributed by atoms with E-state index in [-0.39, 0.29) is 0 Å². The molecule has 1 saturated heterocycles. The maximum atomic E-state index is 4.74. The second-order valence-corrected chi connectivity index (χ2v) is 7.76. The SMILES string of the molecule is Cc1cc(N2CCN(c3cc(C)nn3-c3ccccc3)CC2)n(-c2ccccc2)n1. The third kappa shape index (κ3) is 3.45. The van der Waals surface area contributed by atoms with Crippen LogP contribution in [0.25, 0.3) is 11.4 Å². The van der Waals surface area contributed by atoms with Gasteiger partial charge in [0.25, 0.3) is 0 Å². The molecule has 2 aromatic carbocycles. The number of piperazine rings is 1. The van der Waals surface area contributed by atoms with Gasteiger partial charge in [-0.15, -0.1) is 0 Å². The molecule has 5 rings (SSSR count). The summed E-state index contributed by atoms with van der Waals surface area (Å²) in [5, 5.41) is 9.48. The van der Waals surface area contributed by atoms with Crippen LogP contribution in [0.5, 0.6) is 0 Å². The molecule has 0 bridgehead atoms. The smallest absolute Gasteiger partial charge is 0.132 e. The Balaban J connectivity index is 1.38. The van der Waals surface area contributed by atoms with Gasteiger partial charge in [0.2, 0.25) is 0 Å². The molecule has 0 amide bonds. The molecule has 0 radical (unpaired) electrons. The van der Waals surface area contributed by atoms with Gasteiger partial charge in [0, 0.05) is 38.3 Å². The lowest BCUT2D eigenvalue weighted by molar-refractivity contribution is 0.623. The van der Waals surface area contributed by atoms with Gasteiger partial charge in [0.1, 0.15) is 11.6 Å². The van der Waals surface area contributed by atoms with Crippen LogP contribution >= 0.6 is 0 Å². The predicted octanol–water partition coefficient (Wildman–Crippen LogP) is 4.00. The summed E-state index contributed by atoms with van der Waals surface area (Å²) in [6, 6.07) is 25.1. The molecule has 0 N–H and O–H groups in total. The molecule has 6 nitrogen and oxygen atoms in total. The largest absolute Gasteiger partial charge is 0.353 e. The molecule has 152 valence electrons. The summed E-state index contributed by atoms with van der Waals surface area (Å²) < 4.78 is 4.12. The number of aryl methyl sites for hydroxylation is 2. The summed E-state index contributed by atoms with van der Waals surface area (Å²) in [7, 11) is 0. The maximum absolute atomic E-state index is 4.74. The van der Waals surface area contributed by atoms with E-state index < -0.39 is 0 Å². The molecule has 0 aliphatic carbocycles. The van der Waals surface area contributed by atoms with Gasteiger partial charge >= 0.3 is 0 Å². The Hall–Kier alpha value is -3.54. The summed E-state index contributed by atoms with van der Waals surface area (Å²) in [6.45, 7) is 7.88. The van der Waals surface area contributed by atoms with Crippen molar-refractivity contribution in [2.24, 2.45) is 0 Å². The Bertz CT molecular complexity index is 1030. The van der Waals surface area contributed by atoms with Gasteiger partial charge < -0.3 is 9.80 Å². The van der Waals surface area contributed by atoms with Gasteiger partial charge in [-0.05, 0) is 38.1 Å². The van der Waals surface area contributed by atoms with E-state index in [1.807, 2.05) is 12.1 Å². The molecule has 30 heavy (non-hydrogen) atoms. The maximum Gasteiger partial charge on any atom is 0.132 e. The van der Waals surface area contributed by atoms with E-state index in [1.54, 1.807) is 0 Å². The number of benzene rings is 2. The van der Waals surface area contributed by atoms with Crippen LogP contribution in [0.3, 0.4) is 0 Å². The molecule has 0 spiro atoms. The number of aromatic nitrogens is 4. The van der Waals surface area contributed by atoms with Crippen molar-refractivity contribution < 1.29 is 0 Å². The first-order valence-electron chi connectivity index (χ1n) is 10.4. The van der Waals surface area contributed by atoms with E-state index >= 15 is 0 Å². The number of hydrogen-bond donors (Lipinski definition) is 0. The monoisotopic (exact) mass is 398 g/mol. The molecule has 4 aromatic rings. The van der Waals surface area contributed by atoms with Gasteiger partial charge in [0.15, 0.2) is 0 Å². The highest BCUT2D eigenvalue weighted by atomic mass is 15.4. The second-order valence-electron chi connectivity index (χ2n) is 7.76. The molecule has 6 heteroatoms. The van der Waals surface area contributed by atoms with Crippen molar-refractivity contribution in [3.8, 4) is 11.4 Å². The van der Waals surface area contributed by atoms with Crippen LogP contribution in [0.4, 0.5) is 11.6 Å². The zero-order valence-corrected chi connectivity index (χ0v) is 17.4. The lowest BCUT2D eigenvalue weighted by Gasteiger charge is -2.37. The highest BCUT2D eigenvalue weighted by Gasteiger charge is 2.24. The number of hydrogen-bond acceptors (Lipinski definition) is 4. The molecule has 3 heterocycles. The second kappa shape index (κ2) is 7.71. The van der Waals surface area contributed by atoms with E-state index in [2.05, 4.69) is 93.7 Å². The van der Waals surface area contributed by atoms with Crippen LogP contribution in [0.15, 0.2) is 72.8 Å². The minimum atomic E-state index is 0.941. The Morgan fingerprint density at radius 2 is 0.933 bits per heavy atom. The van der Waals surface area contributed by atoms with Crippen LogP contribution in [0, 0.1) is 13.8 Å². The van der Waals surface area contributed by atoms with Crippen molar-refractivity contribution in [3.05, 3.63) is 84.2 Å². The van der Waals surface area contributed by atoms with E-state index in [0.29, 0.717) is 0 Å². The molecule has 0 atom stereocenters. The van der Waals surface area contributed by atoms with Gasteiger partial charge in [-0.3, -0.25) is 0 Å². The first-order valence-corrected chi connectivity index (χ1v) is 10.4. The third-order valence-corrected chi connectivity index (χ3v) is 5.55. The number of para-hydroxylation sites is 2. The highest BCUT2D eigenvalue weighted by molar-refractivity contribution is 5.53. The Morgan fingerprint density at radius 1 is 0.567 bits per heavy atom. The highest BCUT2D eigenvalue weighted by Crippen LogP contribution is 2.26. The van der Waals surface area contributed by atoms with Crippen molar-refractivity contribution in [2.45, 2.75) is 13.8 Å². The van der Waals surface area contributed by atoms with Gasteiger partial charge in [-0.2, -0.15) is 10.2 Å². The van der Waals surface area contributed by atoms with Crippen molar-refractivity contribution in [3.63, 3.8) is 0 Å². The van der Waals surface area contributed by atoms with Crippen molar-refractivity contribution in [1.82, 2.24) is 19.6 Å². The standard InChI is InChI=1S/C24H26N6/c1-19-17-23(29(25-19)21-9-5-3-6-10-21)27-13-15-28(16-14-27)24-18-20(2)26-30(24)22-11-7-4-8-12-22/h3-12,17-18H,13-16H2,1-2H3. The summed E-state index contributed by atoms with van der Waals surface area (Å²) in [5.41, 5.74) is 4.27. The number of nitrogens with zero attached hydrogens (tertiary/aromatic N) is 6. The van der Waals surface area contributed by atoms with E-state index in [9.17, 15) is 0 Å². The zero-order chi connectivity index (χ0) is 20.5. The first kappa shape index (κ1) is 18.5. The summed E-state index contributed by atoms with van der Waals surface area (Å²) in [5.74, 6) is 2.32. The fourth-order valence-electron chi connectivity index (χ4n) is 4.11. The van der Waals surface area contributed by atoms with E-state index in [0.717, 1.165) is 60.6 Å². The van der Waals surface area contributed by atoms with Gasteiger partial charge in [-0.25, -0.2) is 9.36 Å².